The minimum Gasteiger partial charge on any atom is -0.494 e. The molecule has 0 saturated carbocycles. The first-order valence-corrected chi connectivity index (χ1v) is 7.36. The topological polar surface area (TPSA) is 71.1 Å². The van der Waals surface area contributed by atoms with Crippen molar-refractivity contribution in [2.75, 3.05) is 26.4 Å². The molecule has 0 radical (unpaired) electrons. The number of benzene rings is 1. The van der Waals surface area contributed by atoms with Crippen molar-refractivity contribution >= 4 is 11.8 Å². The molecular weight excluding hydrogens is 288 g/mol. The van der Waals surface area contributed by atoms with Gasteiger partial charge >= 0.3 is 5.97 Å². The summed E-state index contributed by atoms with van der Waals surface area (Å²) in [5.74, 6) is -0.731. The van der Waals surface area contributed by atoms with Crippen molar-refractivity contribution in [3.63, 3.8) is 0 Å². The van der Waals surface area contributed by atoms with Crippen LogP contribution in [0.15, 0.2) is 12.1 Å². The summed E-state index contributed by atoms with van der Waals surface area (Å²) in [6, 6.07) is 3.14. The lowest BCUT2D eigenvalue weighted by atomic mass is 10.1. The third kappa shape index (κ3) is 4.38. The molecule has 0 saturated heterocycles. The van der Waals surface area contributed by atoms with E-state index in [0.29, 0.717) is 25.6 Å². The number of carbonyl (C=O) groups excluding carboxylic acids is 2. The van der Waals surface area contributed by atoms with Gasteiger partial charge in [0, 0.05) is 12.1 Å². The van der Waals surface area contributed by atoms with Crippen LogP contribution in [0.25, 0.3) is 0 Å². The van der Waals surface area contributed by atoms with Crippen LogP contribution >= 0.6 is 0 Å². The van der Waals surface area contributed by atoms with E-state index in [2.05, 4.69) is 0 Å². The molecule has 0 amide bonds. The number of rotatable bonds is 9. The number of ether oxygens (including phenoxy) is 4. The lowest BCUT2D eigenvalue weighted by Gasteiger charge is -2.16. The van der Waals surface area contributed by atoms with E-state index in [4.69, 9.17) is 18.9 Å². The molecule has 1 aromatic carbocycles. The monoisotopic (exact) mass is 310 g/mol. The molecule has 1 rings (SSSR count). The molecule has 122 valence electrons. The Bertz CT molecular complexity index is 496. The highest BCUT2D eigenvalue weighted by molar-refractivity contribution is 6.42. The molecule has 0 unspecified atom stereocenters. The fraction of sp³-hybridized carbons (Fsp3) is 0.500. The molecule has 6 nitrogen and oxygen atoms in total. The summed E-state index contributed by atoms with van der Waals surface area (Å²) in [6.07, 6.45) is 0. The Morgan fingerprint density at radius 1 is 0.818 bits per heavy atom. The van der Waals surface area contributed by atoms with E-state index in [1.54, 1.807) is 32.9 Å². The molecule has 22 heavy (non-hydrogen) atoms. The second kappa shape index (κ2) is 8.92. The molecule has 0 fully saturated rings. The number of hydrogen-bond donors (Lipinski definition) is 0. The molecule has 6 heteroatoms. The van der Waals surface area contributed by atoms with Gasteiger partial charge in [-0.3, -0.25) is 4.79 Å². The van der Waals surface area contributed by atoms with Gasteiger partial charge in [0.25, 0.3) is 5.78 Å². The number of esters is 1. The van der Waals surface area contributed by atoms with E-state index in [9.17, 15) is 9.59 Å². The molecule has 0 bridgehead atoms. The highest BCUT2D eigenvalue weighted by atomic mass is 16.5. The smallest absolute Gasteiger partial charge is 0.379 e. The summed E-state index contributed by atoms with van der Waals surface area (Å²) in [5, 5.41) is 0. The van der Waals surface area contributed by atoms with Crippen molar-refractivity contribution < 1.29 is 28.5 Å². The van der Waals surface area contributed by atoms with Crippen LogP contribution in [0.1, 0.15) is 38.1 Å². The highest BCUT2D eigenvalue weighted by Crippen LogP contribution is 2.35. The second-order valence-corrected chi connectivity index (χ2v) is 4.14. The van der Waals surface area contributed by atoms with Crippen LogP contribution in [0.2, 0.25) is 0 Å². The second-order valence-electron chi connectivity index (χ2n) is 4.14. The maximum absolute atomic E-state index is 12.3. The van der Waals surface area contributed by atoms with Gasteiger partial charge in [-0.05, 0) is 27.7 Å². The Balaban J connectivity index is 3.35. The largest absolute Gasteiger partial charge is 0.494 e. The Labute approximate surface area is 130 Å². The summed E-state index contributed by atoms with van der Waals surface area (Å²) < 4.78 is 21.1. The zero-order chi connectivity index (χ0) is 16.5. The van der Waals surface area contributed by atoms with E-state index < -0.39 is 11.8 Å². The molecule has 0 aliphatic heterocycles. The minimum absolute atomic E-state index is 0.0607. The van der Waals surface area contributed by atoms with Crippen LogP contribution in [0, 0.1) is 0 Å². The number of carbonyl (C=O) groups is 2. The number of Topliss-reactive ketones (excluding diaryl/α,β-unsaturated/α-hetero) is 1. The summed E-state index contributed by atoms with van der Waals surface area (Å²) in [7, 11) is 0. The maximum atomic E-state index is 12.3. The first-order valence-electron chi connectivity index (χ1n) is 7.36. The standard InChI is InChI=1S/C16H22O6/c1-5-19-11-9-12(20-6-2)14(13(10-11)21-7-3)15(17)16(18)22-8-4/h9-10H,5-8H2,1-4H3. The average molecular weight is 310 g/mol. The fourth-order valence-electron chi connectivity index (χ4n) is 1.88. The van der Waals surface area contributed by atoms with Gasteiger partial charge in [-0.15, -0.1) is 0 Å². The van der Waals surface area contributed by atoms with Crippen LogP contribution < -0.4 is 14.2 Å². The van der Waals surface area contributed by atoms with Gasteiger partial charge in [-0.2, -0.15) is 0 Å². The van der Waals surface area contributed by atoms with E-state index in [-0.39, 0.29) is 23.7 Å². The van der Waals surface area contributed by atoms with Crippen LogP contribution in [0.3, 0.4) is 0 Å². The van der Waals surface area contributed by atoms with Crippen molar-refractivity contribution in [3.05, 3.63) is 17.7 Å². The van der Waals surface area contributed by atoms with Gasteiger partial charge in [0.1, 0.15) is 22.8 Å². The van der Waals surface area contributed by atoms with Crippen LogP contribution in [-0.2, 0) is 9.53 Å². The van der Waals surface area contributed by atoms with Gasteiger partial charge in [0.15, 0.2) is 0 Å². The summed E-state index contributed by atoms with van der Waals surface area (Å²) in [4.78, 5) is 24.1. The molecule has 1 aromatic rings. The Morgan fingerprint density at radius 3 is 1.73 bits per heavy atom. The van der Waals surface area contributed by atoms with Gasteiger partial charge in [0.2, 0.25) is 0 Å². The first kappa shape index (κ1) is 17.8. The Hall–Kier alpha value is -2.24. The lowest BCUT2D eigenvalue weighted by molar-refractivity contribution is -0.137. The summed E-state index contributed by atoms with van der Waals surface area (Å²) >= 11 is 0. The normalized spacial score (nSPS) is 10.0. The van der Waals surface area contributed by atoms with Gasteiger partial charge in [-0.25, -0.2) is 4.79 Å². The Kier molecular flexibility index (Phi) is 7.22. The van der Waals surface area contributed by atoms with Crippen molar-refractivity contribution in [3.8, 4) is 17.2 Å². The van der Waals surface area contributed by atoms with E-state index in [1.165, 1.54) is 0 Å². The minimum atomic E-state index is -0.937. The molecule has 0 aliphatic carbocycles. The average Bonchev–Trinajstić information content (AvgIpc) is 2.48. The van der Waals surface area contributed by atoms with Crippen molar-refractivity contribution in [1.29, 1.82) is 0 Å². The number of ketones is 1. The third-order valence-corrected chi connectivity index (χ3v) is 2.64. The molecular formula is C16H22O6. The fourth-order valence-corrected chi connectivity index (χ4v) is 1.88. The van der Waals surface area contributed by atoms with Gasteiger partial charge in [-0.1, -0.05) is 0 Å². The SMILES string of the molecule is CCOC(=O)C(=O)c1c(OCC)cc(OCC)cc1OCC. The summed E-state index contributed by atoms with van der Waals surface area (Å²) in [6.45, 7) is 8.31. The summed E-state index contributed by atoms with van der Waals surface area (Å²) in [5.41, 5.74) is 0.0607. The zero-order valence-electron chi connectivity index (χ0n) is 13.4. The molecule has 0 spiro atoms. The predicted molar refractivity (Wildman–Crippen MR) is 80.9 cm³/mol. The Morgan fingerprint density at radius 2 is 1.32 bits per heavy atom. The molecule has 0 heterocycles. The zero-order valence-corrected chi connectivity index (χ0v) is 13.4. The van der Waals surface area contributed by atoms with E-state index in [1.807, 2.05) is 6.92 Å². The lowest BCUT2D eigenvalue weighted by Crippen LogP contribution is -2.20. The van der Waals surface area contributed by atoms with Crippen molar-refractivity contribution in [2.24, 2.45) is 0 Å². The maximum Gasteiger partial charge on any atom is 0.379 e. The van der Waals surface area contributed by atoms with Crippen molar-refractivity contribution in [1.82, 2.24) is 0 Å². The van der Waals surface area contributed by atoms with E-state index in [0.717, 1.165) is 0 Å². The molecule has 0 N–H and O–H groups in total. The van der Waals surface area contributed by atoms with Crippen LogP contribution in [0.5, 0.6) is 17.2 Å². The van der Waals surface area contributed by atoms with E-state index >= 15 is 0 Å². The molecule has 0 atom stereocenters. The van der Waals surface area contributed by atoms with Crippen molar-refractivity contribution in [2.45, 2.75) is 27.7 Å². The van der Waals surface area contributed by atoms with Crippen LogP contribution in [-0.4, -0.2) is 38.2 Å². The third-order valence-electron chi connectivity index (χ3n) is 2.64. The van der Waals surface area contributed by atoms with Crippen LogP contribution in [0.4, 0.5) is 0 Å². The first-order chi connectivity index (χ1) is 10.6. The molecule has 0 aromatic heterocycles. The number of hydrogen-bond acceptors (Lipinski definition) is 6. The van der Waals surface area contributed by atoms with Gasteiger partial charge < -0.3 is 18.9 Å². The molecule has 0 aliphatic rings. The van der Waals surface area contributed by atoms with Gasteiger partial charge in [0.05, 0.1) is 26.4 Å². The quantitative estimate of drug-likeness (QED) is 0.397. The highest BCUT2D eigenvalue weighted by Gasteiger charge is 2.27. The predicted octanol–water partition coefficient (Wildman–Crippen LogP) is 2.63.